The summed E-state index contributed by atoms with van der Waals surface area (Å²) in [5.74, 6) is -0.127. The molecule has 1 aliphatic heterocycles. The lowest BCUT2D eigenvalue weighted by Crippen LogP contribution is -2.41. The Kier molecular flexibility index (Phi) is 6.13. The summed E-state index contributed by atoms with van der Waals surface area (Å²) < 4.78 is 16.5. The van der Waals surface area contributed by atoms with E-state index in [4.69, 9.17) is 9.31 Å². The smallest absolute Gasteiger partial charge is 0.463 e. The molecule has 1 aromatic rings. The van der Waals surface area contributed by atoms with E-state index in [0.717, 1.165) is 0 Å². The average molecular weight is 323 g/mol. The third kappa shape index (κ3) is 3.81. The van der Waals surface area contributed by atoms with Crippen molar-refractivity contribution in [2.75, 3.05) is 19.5 Å². The molecule has 0 saturated carbocycles. The molecule has 0 aliphatic carbocycles. The van der Waals surface area contributed by atoms with E-state index in [9.17, 15) is 4.79 Å². The van der Waals surface area contributed by atoms with Crippen molar-refractivity contribution >= 4 is 24.4 Å². The van der Waals surface area contributed by atoms with Gasteiger partial charge in [0.2, 0.25) is 5.82 Å². The third-order valence-corrected chi connectivity index (χ3v) is 3.93. The SMILES string of the molecule is CC.CNc1nc(C(=O)OC)ncc1B1OC(C)(C)C(C)(C)O1. The Balaban J connectivity index is 0.00000127. The van der Waals surface area contributed by atoms with Gasteiger partial charge in [-0.3, -0.25) is 0 Å². The number of esters is 1. The van der Waals surface area contributed by atoms with Gasteiger partial charge in [0.15, 0.2) is 0 Å². The molecule has 2 rings (SSSR count). The van der Waals surface area contributed by atoms with Gasteiger partial charge in [0, 0.05) is 18.7 Å². The second kappa shape index (κ2) is 7.27. The number of nitrogens with zero attached hydrogens (tertiary/aromatic N) is 2. The fourth-order valence-electron chi connectivity index (χ4n) is 1.92. The minimum Gasteiger partial charge on any atom is -0.463 e. The van der Waals surface area contributed by atoms with Crippen LogP contribution in [0.25, 0.3) is 0 Å². The number of carbonyl (C=O) groups is 1. The number of rotatable bonds is 3. The Morgan fingerprint density at radius 3 is 2.17 bits per heavy atom. The molecule has 8 heteroatoms. The summed E-state index contributed by atoms with van der Waals surface area (Å²) in [6, 6.07) is 0. The van der Waals surface area contributed by atoms with Crippen LogP contribution in [0, 0.1) is 0 Å². The predicted octanol–water partition coefficient (Wildman–Crippen LogP) is 1.63. The zero-order chi connectivity index (χ0) is 17.8. The van der Waals surface area contributed by atoms with Gasteiger partial charge >= 0.3 is 13.1 Å². The maximum Gasteiger partial charge on any atom is 0.500 e. The van der Waals surface area contributed by atoms with Gasteiger partial charge in [-0.15, -0.1) is 0 Å². The predicted molar refractivity (Wildman–Crippen MR) is 90.0 cm³/mol. The van der Waals surface area contributed by atoms with Crippen molar-refractivity contribution in [3.63, 3.8) is 0 Å². The zero-order valence-electron chi connectivity index (χ0n) is 15.2. The molecule has 1 saturated heterocycles. The molecule has 128 valence electrons. The van der Waals surface area contributed by atoms with Crippen LogP contribution in [0.4, 0.5) is 5.82 Å². The maximum atomic E-state index is 11.5. The first-order valence-electron chi connectivity index (χ1n) is 7.70. The van der Waals surface area contributed by atoms with E-state index in [2.05, 4.69) is 20.0 Å². The standard InChI is InChI=1S/C13H20BN3O4.C2H6/c1-12(2)13(3,4)21-14(20-12)8-7-16-10(11(18)19-6)17-9(8)15-5;1-2/h7H,1-6H3,(H,15,16,17);1-2H3. The molecule has 1 aliphatic rings. The molecule has 0 bridgehead atoms. The largest absolute Gasteiger partial charge is 0.500 e. The highest BCUT2D eigenvalue weighted by molar-refractivity contribution is 6.63. The molecular formula is C15H26BN3O4. The Bertz CT molecular complexity index is 548. The van der Waals surface area contributed by atoms with E-state index in [0.29, 0.717) is 11.3 Å². The number of hydrogen-bond acceptors (Lipinski definition) is 7. The van der Waals surface area contributed by atoms with Crippen LogP contribution >= 0.6 is 0 Å². The monoisotopic (exact) mass is 323 g/mol. The Morgan fingerprint density at radius 1 is 1.22 bits per heavy atom. The van der Waals surface area contributed by atoms with Crippen LogP contribution in [-0.4, -0.2) is 48.4 Å². The van der Waals surface area contributed by atoms with E-state index < -0.39 is 24.3 Å². The van der Waals surface area contributed by atoms with Gasteiger partial charge in [0.25, 0.3) is 0 Å². The van der Waals surface area contributed by atoms with E-state index in [1.54, 1.807) is 7.05 Å². The van der Waals surface area contributed by atoms with Gasteiger partial charge in [-0.1, -0.05) is 13.8 Å². The summed E-state index contributed by atoms with van der Waals surface area (Å²) in [7, 11) is 2.40. The van der Waals surface area contributed by atoms with E-state index in [-0.39, 0.29) is 5.82 Å². The quantitative estimate of drug-likeness (QED) is 0.668. The molecule has 0 unspecified atom stereocenters. The van der Waals surface area contributed by atoms with E-state index >= 15 is 0 Å². The van der Waals surface area contributed by atoms with Crippen LogP contribution in [0.2, 0.25) is 0 Å². The number of carbonyl (C=O) groups excluding carboxylic acids is 1. The van der Waals surface area contributed by atoms with E-state index in [1.165, 1.54) is 13.3 Å². The molecular weight excluding hydrogens is 297 g/mol. The average Bonchev–Trinajstić information content (AvgIpc) is 2.75. The highest BCUT2D eigenvalue weighted by Crippen LogP contribution is 2.36. The summed E-state index contributed by atoms with van der Waals surface area (Å²) in [4.78, 5) is 19.6. The summed E-state index contributed by atoms with van der Waals surface area (Å²) in [5, 5.41) is 2.93. The lowest BCUT2D eigenvalue weighted by atomic mass is 9.80. The first-order valence-corrected chi connectivity index (χ1v) is 7.70. The highest BCUT2D eigenvalue weighted by Gasteiger charge is 2.52. The lowest BCUT2D eigenvalue weighted by Gasteiger charge is -2.32. The molecule has 0 aromatic carbocycles. The van der Waals surface area contributed by atoms with Crippen LogP contribution in [0.5, 0.6) is 0 Å². The van der Waals surface area contributed by atoms with Crippen molar-refractivity contribution in [1.29, 1.82) is 0 Å². The molecule has 7 nitrogen and oxygen atoms in total. The van der Waals surface area contributed by atoms with Gasteiger partial charge in [-0.2, -0.15) is 0 Å². The summed E-state index contributed by atoms with van der Waals surface area (Å²) in [5.41, 5.74) is -0.267. The molecule has 0 spiro atoms. The minimum atomic E-state index is -0.593. The van der Waals surface area contributed by atoms with Crippen molar-refractivity contribution in [3.05, 3.63) is 12.0 Å². The Labute approximate surface area is 138 Å². The fraction of sp³-hybridized carbons (Fsp3) is 0.667. The molecule has 1 N–H and O–H groups in total. The molecule has 0 radical (unpaired) electrons. The Morgan fingerprint density at radius 2 is 1.74 bits per heavy atom. The third-order valence-electron chi connectivity index (χ3n) is 3.93. The first-order chi connectivity index (χ1) is 10.7. The molecule has 23 heavy (non-hydrogen) atoms. The van der Waals surface area contributed by atoms with Crippen LogP contribution < -0.4 is 10.8 Å². The number of nitrogens with one attached hydrogen (secondary N) is 1. The highest BCUT2D eigenvalue weighted by atomic mass is 16.7. The van der Waals surface area contributed by atoms with Gasteiger partial charge in [-0.05, 0) is 27.7 Å². The summed E-state index contributed by atoms with van der Waals surface area (Å²) in [6.45, 7) is 11.9. The van der Waals surface area contributed by atoms with Gasteiger partial charge in [0.1, 0.15) is 5.82 Å². The first kappa shape index (κ1) is 19.4. The van der Waals surface area contributed by atoms with Gasteiger partial charge in [-0.25, -0.2) is 14.8 Å². The molecule has 2 heterocycles. The van der Waals surface area contributed by atoms with Gasteiger partial charge < -0.3 is 19.4 Å². The fourth-order valence-corrected chi connectivity index (χ4v) is 1.92. The number of hydrogen-bond donors (Lipinski definition) is 1. The topological polar surface area (TPSA) is 82.6 Å². The molecule has 0 atom stereocenters. The van der Waals surface area contributed by atoms with E-state index in [1.807, 2.05) is 41.5 Å². The maximum absolute atomic E-state index is 11.5. The molecule has 1 aromatic heterocycles. The van der Waals surface area contributed by atoms with Crippen molar-refractivity contribution in [1.82, 2.24) is 9.97 Å². The van der Waals surface area contributed by atoms with Crippen LogP contribution in [0.15, 0.2) is 6.20 Å². The van der Waals surface area contributed by atoms with Crippen LogP contribution in [0.3, 0.4) is 0 Å². The van der Waals surface area contributed by atoms with Crippen molar-refractivity contribution in [3.8, 4) is 0 Å². The molecule has 0 amide bonds. The Hall–Kier alpha value is -1.67. The molecule has 1 fully saturated rings. The minimum absolute atomic E-state index is 0.0119. The van der Waals surface area contributed by atoms with Crippen LogP contribution in [0.1, 0.15) is 52.2 Å². The van der Waals surface area contributed by atoms with Gasteiger partial charge in [0.05, 0.1) is 18.3 Å². The normalized spacial score (nSPS) is 18.0. The number of aromatic nitrogens is 2. The number of methoxy groups -OCH3 is 1. The second-order valence-corrected chi connectivity index (χ2v) is 5.83. The van der Waals surface area contributed by atoms with Crippen molar-refractivity contribution < 1.29 is 18.8 Å². The van der Waals surface area contributed by atoms with Crippen LogP contribution in [-0.2, 0) is 14.0 Å². The summed E-state index contributed by atoms with van der Waals surface area (Å²) in [6.07, 6.45) is 1.52. The second-order valence-electron chi connectivity index (χ2n) is 5.83. The van der Waals surface area contributed by atoms with Crippen molar-refractivity contribution in [2.45, 2.75) is 52.7 Å². The number of ether oxygens (including phenoxy) is 1. The lowest BCUT2D eigenvalue weighted by molar-refractivity contribution is 0.00578. The summed E-state index contributed by atoms with van der Waals surface area (Å²) >= 11 is 0. The zero-order valence-corrected chi connectivity index (χ0v) is 15.2. The number of anilines is 1. The van der Waals surface area contributed by atoms with Crippen molar-refractivity contribution in [2.24, 2.45) is 0 Å².